The number of likely N-dealkylation sites (tertiary alicyclic amines) is 1. The minimum Gasteiger partial charge on any atom is -0.497 e. The number of ether oxygens (including phenoxy) is 2. The van der Waals surface area contributed by atoms with Crippen molar-refractivity contribution < 1.29 is 14.3 Å². The van der Waals surface area contributed by atoms with E-state index in [1.165, 1.54) is 5.57 Å². The van der Waals surface area contributed by atoms with Crippen molar-refractivity contribution in [1.82, 2.24) is 15.2 Å². The fraction of sp³-hybridized carbons (Fsp3) is 0.481. The van der Waals surface area contributed by atoms with Gasteiger partial charge in [0.2, 0.25) is 5.91 Å². The number of carbonyl (C=O) groups excluding carboxylic acids is 1. The van der Waals surface area contributed by atoms with Crippen molar-refractivity contribution in [1.29, 1.82) is 0 Å². The molecule has 1 aromatic carbocycles. The number of carbonyl (C=O) groups is 1. The van der Waals surface area contributed by atoms with Crippen molar-refractivity contribution in [3.8, 4) is 11.5 Å². The highest BCUT2D eigenvalue weighted by atomic mass is 16.5. The largest absolute Gasteiger partial charge is 0.497 e. The average Bonchev–Trinajstić information content (AvgIpc) is 2.82. The van der Waals surface area contributed by atoms with E-state index in [1.807, 2.05) is 63.4 Å². The minimum absolute atomic E-state index is 0.0595. The summed E-state index contributed by atoms with van der Waals surface area (Å²) in [6.07, 6.45) is 6.19. The third-order valence-corrected chi connectivity index (χ3v) is 6.40. The Morgan fingerprint density at radius 2 is 2.15 bits per heavy atom. The Labute approximate surface area is 197 Å². The molecule has 2 aromatic rings. The number of piperidine rings is 1. The zero-order valence-electron chi connectivity index (χ0n) is 20.1. The van der Waals surface area contributed by atoms with Crippen LogP contribution in [0, 0.1) is 11.3 Å². The van der Waals surface area contributed by atoms with Gasteiger partial charge in [-0.15, -0.1) is 0 Å². The van der Waals surface area contributed by atoms with Crippen LogP contribution >= 0.6 is 0 Å². The molecule has 2 aliphatic heterocycles. The molecule has 1 saturated heterocycles. The number of aromatic nitrogens is 1. The van der Waals surface area contributed by atoms with Crippen LogP contribution in [0.25, 0.3) is 6.08 Å². The van der Waals surface area contributed by atoms with Crippen molar-refractivity contribution in [2.24, 2.45) is 11.3 Å². The van der Waals surface area contributed by atoms with Gasteiger partial charge in [0.25, 0.3) is 0 Å². The predicted molar refractivity (Wildman–Crippen MR) is 130 cm³/mol. The number of pyridine rings is 1. The molecule has 0 unspecified atom stereocenters. The third-order valence-electron chi connectivity index (χ3n) is 6.40. The zero-order valence-corrected chi connectivity index (χ0v) is 20.1. The summed E-state index contributed by atoms with van der Waals surface area (Å²) < 4.78 is 11.4. The number of hydrogen-bond donors (Lipinski definition) is 1. The number of amides is 1. The van der Waals surface area contributed by atoms with Gasteiger partial charge in [0, 0.05) is 30.3 Å². The molecule has 33 heavy (non-hydrogen) atoms. The number of fused-ring (bicyclic) bond motifs is 1. The summed E-state index contributed by atoms with van der Waals surface area (Å²) in [6, 6.07) is 11.8. The Morgan fingerprint density at radius 1 is 1.30 bits per heavy atom. The lowest BCUT2D eigenvalue weighted by Crippen LogP contribution is -2.46. The number of methoxy groups -OCH3 is 1. The van der Waals surface area contributed by atoms with Crippen molar-refractivity contribution in [2.75, 3.05) is 33.4 Å². The second-order valence-electron chi connectivity index (χ2n) is 10.1. The first-order valence-corrected chi connectivity index (χ1v) is 11.8. The van der Waals surface area contributed by atoms with Gasteiger partial charge in [0.05, 0.1) is 18.8 Å². The van der Waals surface area contributed by atoms with Crippen molar-refractivity contribution in [3.05, 3.63) is 59.4 Å². The lowest BCUT2D eigenvalue weighted by molar-refractivity contribution is -0.129. The topological polar surface area (TPSA) is 63.7 Å². The van der Waals surface area contributed by atoms with Gasteiger partial charge in [0.1, 0.15) is 18.1 Å². The second kappa shape index (κ2) is 9.96. The van der Waals surface area contributed by atoms with Gasteiger partial charge in [-0.1, -0.05) is 26.8 Å². The quantitative estimate of drug-likeness (QED) is 0.704. The standard InChI is InChI=1S/C27H35N3O3/c1-27(2,3)26(31)29-25(23-9-5-6-12-28-23)20-8-7-13-30(17-20)16-19-14-21-15-22(32-4)10-11-24(21)33-18-19/h5-6,9-12,14-15,20,25H,7-8,13,16-18H2,1-4H3,(H,29,31)/t20-,25+/m1/s1. The molecular formula is C27H35N3O3. The Bertz CT molecular complexity index is 997. The van der Waals surface area contributed by atoms with Crippen LogP contribution in [0.4, 0.5) is 0 Å². The first kappa shape index (κ1) is 23.3. The lowest BCUT2D eigenvalue weighted by Gasteiger charge is -2.38. The van der Waals surface area contributed by atoms with E-state index < -0.39 is 5.41 Å². The van der Waals surface area contributed by atoms with E-state index in [9.17, 15) is 4.79 Å². The maximum atomic E-state index is 12.9. The van der Waals surface area contributed by atoms with E-state index >= 15 is 0 Å². The van der Waals surface area contributed by atoms with Crippen LogP contribution in [0.3, 0.4) is 0 Å². The van der Waals surface area contributed by atoms with E-state index in [-0.39, 0.29) is 11.9 Å². The molecule has 0 bridgehead atoms. The Kier molecular flexibility index (Phi) is 7.03. The van der Waals surface area contributed by atoms with Gasteiger partial charge in [-0.3, -0.25) is 14.7 Å². The molecule has 4 rings (SSSR count). The highest BCUT2D eigenvalue weighted by Crippen LogP contribution is 2.33. The molecule has 176 valence electrons. The van der Waals surface area contributed by atoms with Crippen molar-refractivity contribution >= 4 is 12.0 Å². The predicted octanol–water partition coefficient (Wildman–Crippen LogP) is 4.48. The first-order chi connectivity index (χ1) is 15.8. The molecule has 0 aliphatic carbocycles. The monoisotopic (exact) mass is 449 g/mol. The molecule has 1 N–H and O–H groups in total. The molecule has 6 heteroatoms. The van der Waals surface area contributed by atoms with Gasteiger partial charge in [-0.05, 0) is 67.3 Å². The molecule has 0 radical (unpaired) electrons. The highest BCUT2D eigenvalue weighted by Gasteiger charge is 2.33. The van der Waals surface area contributed by atoms with Crippen LogP contribution in [0.5, 0.6) is 11.5 Å². The molecule has 1 aromatic heterocycles. The van der Waals surface area contributed by atoms with Crippen molar-refractivity contribution in [2.45, 2.75) is 39.7 Å². The third kappa shape index (κ3) is 5.74. The minimum atomic E-state index is -0.444. The summed E-state index contributed by atoms with van der Waals surface area (Å²) in [4.78, 5) is 19.9. The van der Waals surface area contributed by atoms with Crippen LogP contribution in [-0.4, -0.2) is 49.1 Å². The summed E-state index contributed by atoms with van der Waals surface area (Å²) in [7, 11) is 1.68. The van der Waals surface area contributed by atoms with E-state index in [1.54, 1.807) is 7.11 Å². The molecular weight excluding hydrogens is 414 g/mol. The van der Waals surface area contributed by atoms with Gasteiger partial charge in [-0.25, -0.2) is 0 Å². The Hall–Kier alpha value is -2.86. The fourth-order valence-corrected chi connectivity index (χ4v) is 4.57. The van der Waals surface area contributed by atoms with Gasteiger partial charge < -0.3 is 14.8 Å². The summed E-state index contributed by atoms with van der Waals surface area (Å²) in [6.45, 7) is 9.27. The Morgan fingerprint density at radius 3 is 2.88 bits per heavy atom. The number of nitrogens with zero attached hydrogens (tertiary/aromatic N) is 2. The van der Waals surface area contributed by atoms with E-state index in [0.29, 0.717) is 12.5 Å². The first-order valence-electron chi connectivity index (χ1n) is 11.8. The molecule has 2 atom stereocenters. The van der Waals surface area contributed by atoms with Crippen LogP contribution in [-0.2, 0) is 4.79 Å². The highest BCUT2D eigenvalue weighted by molar-refractivity contribution is 5.81. The normalized spacial score (nSPS) is 19.6. The summed E-state index contributed by atoms with van der Waals surface area (Å²) in [5, 5.41) is 3.31. The summed E-state index contributed by atoms with van der Waals surface area (Å²) in [5.74, 6) is 2.10. The summed E-state index contributed by atoms with van der Waals surface area (Å²) >= 11 is 0. The number of rotatable bonds is 6. The van der Waals surface area contributed by atoms with Crippen LogP contribution in [0.1, 0.15) is 50.9 Å². The van der Waals surface area contributed by atoms with E-state index in [4.69, 9.17) is 9.47 Å². The number of benzene rings is 1. The number of nitrogens with one attached hydrogen (secondary N) is 1. The van der Waals surface area contributed by atoms with Gasteiger partial charge in [-0.2, -0.15) is 0 Å². The molecule has 3 heterocycles. The number of hydrogen-bond acceptors (Lipinski definition) is 5. The Balaban J connectivity index is 1.49. The molecule has 6 nitrogen and oxygen atoms in total. The average molecular weight is 450 g/mol. The molecule has 1 amide bonds. The maximum Gasteiger partial charge on any atom is 0.225 e. The smallest absolute Gasteiger partial charge is 0.225 e. The van der Waals surface area contributed by atoms with Gasteiger partial charge >= 0.3 is 0 Å². The van der Waals surface area contributed by atoms with Crippen LogP contribution in [0.2, 0.25) is 0 Å². The fourth-order valence-electron chi connectivity index (χ4n) is 4.57. The molecule has 0 saturated carbocycles. The van der Waals surface area contributed by atoms with Crippen LogP contribution < -0.4 is 14.8 Å². The molecule has 0 spiro atoms. The SMILES string of the molecule is COc1ccc2c(c1)C=C(CN1CCC[C@@H]([C@H](NC(=O)C(C)(C)C)c3ccccn3)C1)CO2. The molecule has 1 fully saturated rings. The second-order valence-corrected chi connectivity index (χ2v) is 10.1. The summed E-state index contributed by atoms with van der Waals surface area (Å²) in [5.41, 5.74) is 2.81. The maximum absolute atomic E-state index is 12.9. The molecule has 2 aliphatic rings. The van der Waals surface area contributed by atoms with Crippen molar-refractivity contribution in [3.63, 3.8) is 0 Å². The lowest BCUT2D eigenvalue weighted by atomic mass is 9.86. The van der Waals surface area contributed by atoms with Gasteiger partial charge in [0.15, 0.2) is 0 Å². The zero-order chi connectivity index (χ0) is 23.4. The van der Waals surface area contributed by atoms with E-state index in [0.717, 1.165) is 55.2 Å². The van der Waals surface area contributed by atoms with E-state index in [2.05, 4.69) is 21.3 Å². The van der Waals surface area contributed by atoms with Crippen LogP contribution in [0.15, 0.2) is 48.2 Å².